The Labute approximate surface area is 111 Å². The highest BCUT2D eigenvalue weighted by Gasteiger charge is 2.09. The number of rotatable bonds is 4. The van der Waals surface area contributed by atoms with Crippen LogP contribution in [0.25, 0.3) is 0 Å². The van der Waals surface area contributed by atoms with Crippen molar-refractivity contribution in [2.24, 2.45) is 0 Å². The van der Waals surface area contributed by atoms with Gasteiger partial charge in [-0.25, -0.2) is 0 Å². The molecule has 92 valence electrons. The number of carbonyl (C=O) groups is 1. The summed E-state index contributed by atoms with van der Waals surface area (Å²) in [6.45, 7) is 1.98. The zero-order chi connectivity index (χ0) is 13.0. The van der Waals surface area contributed by atoms with Gasteiger partial charge in [-0.15, -0.1) is 0 Å². The van der Waals surface area contributed by atoms with E-state index in [4.69, 9.17) is 0 Å². The number of aliphatic hydroxyl groups excluding tert-OH is 1. The van der Waals surface area contributed by atoms with E-state index in [2.05, 4.69) is 0 Å². The van der Waals surface area contributed by atoms with E-state index in [0.29, 0.717) is 5.56 Å². The van der Waals surface area contributed by atoms with Crippen LogP contribution in [0.1, 0.15) is 21.5 Å². The SMILES string of the molecule is Cc1ccc(Sc2c(C=O)cccc2CO)cc1. The molecule has 0 saturated carbocycles. The van der Waals surface area contributed by atoms with Crippen LogP contribution in [0, 0.1) is 6.92 Å². The summed E-state index contributed by atoms with van der Waals surface area (Å²) in [4.78, 5) is 12.9. The van der Waals surface area contributed by atoms with Crippen molar-refractivity contribution in [1.82, 2.24) is 0 Å². The molecule has 0 heterocycles. The average molecular weight is 258 g/mol. The number of hydrogen-bond acceptors (Lipinski definition) is 3. The van der Waals surface area contributed by atoms with Gasteiger partial charge in [0.15, 0.2) is 6.29 Å². The lowest BCUT2D eigenvalue weighted by Gasteiger charge is -2.09. The highest BCUT2D eigenvalue weighted by atomic mass is 32.2. The Morgan fingerprint density at radius 1 is 1.17 bits per heavy atom. The molecule has 0 radical (unpaired) electrons. The number of carbonyl (C=O) groups excluding carboxylic acids is 1. The van der Waals surface area contributed by atoms with Crippen LogP contribution in [-0.2, 0) is 6.61 Å². The molecule has 2 aromatic carbocycles. The molecule has 0 aromatic heterocycles. The predicted molar refractivity (Wildman–Crippen MR) is 73.1 cm³/mol. The van der Waals surface area contributed by atoms with Gasteiger partial charge < -0.3 is 5.11 Å². The molecular formula is C15H14O2S. The van der Waals surface area contributed by atoms with Crippen molar-refractivity contribution in [3.8, 4) is 0 Å². The lowest BCUT2D eigenvalue weighted by atomic mass is 10.1. The smallest absolute Gasteiger partial charge is 0.151 e. The minimum Gasteiger partial charge on any atom is -0.392 e. The van der Waals surface area contributed by atoms with Crippen LogP contribution >= 0.6 is 11.8 Å². The van der Waals surface area contributed by atoms with Gasteiger partial charge in [-0.1, -0.05) is 47.7 Å². The number of aldehydes is 1. The monoisotopic (exact) mass is 258 g/mol. The second-order valence-electron chi connectivity index (χ2n) is 4.03. The average Bonchev–Trinajstić information content (AvgIpc) is 2.41. The van der Waals surface area contributed by atoms with Crippen molar-refractivity contribution in [2.75, 3.05) is 0 Å². The van der Waals surface area contributed by atoms with Crippen molar-refractivity contribution in [1.29, 1.82) is 0 Å². The molecular weight excluding hydrogens is 244 g/mol. The van der Waals surface area contributed by atoms with E-state index in [1.54, 1.807) is 12.1 Å². The minimum atomic E-state index is -0.0596. The summed E-state index contributed by atoms with van der Waals surface area (Å²) in [5.74, 6) is 0. The van der Waals surface area contributed by atoms with Crippen molar-refractivity contribution in [3.05, 3.63) is 59.2 Å². The normalized spacial score (nSPS) is 10.3. The fourth-order valence-electron chi connectivity index (χ4n) is 1.67. The van der Waals surface area contributed by atoms with Gasteiger partial charge in [0.05, 0.1) is 6.61 Å². The Morgan fingerprint density at radius 3 is 2.50 bits per heavy atom. The molecule has 18 heavy (non-hydrogen) atoms. The van der Waals surface area contributed by atoms with Crippen molar-refractivity contribution in [3.63, 3.8) is 0 Å². The number of aliphatic hydroxyl groups is 1. The third kappa shape index (κ3) is 2.81. The third-order valence-corrected chi connectivity index (χ3v) is 3.88. The van der Waals surface area contributed by atoms with Gasteiger partial charge in [0.2, 0.25) is 0 Å². The Morgan fingerprint density at radius 2 is 1.89 bits per heavy atom. The van der Waals surface area contributed by atoms with Gasteiger partial charge in [0.25, 0.3) is 0 Å². The molecule has 0 saturated heterocycles. The first-order valence-electron chi connectivity index (χ1n) is 5.67. The van der Waals surface area contributed by atoms with Gasteiger partial charge >= 0.3 is 0 Å². The Balaban J connectivity index is 2.38. The maximum absolute atomic E-state index is 11.0. The lowest BCUT2D eigenvalue weighted by Crippen LogP contribution is -1.93. The zero-order valence-electron chi connectivity index (χ0n) is 10.1. The molecule has 0 fully saturated rings. The maximum Gasteiger partial charge on any atom is 0.151 e. The van der Waals surface area contributed by atoms with E-state index in [1.807, 2.05) is 37.3 Å². The fourth-order valence-corrected chi connectivity index (χ4v) is 2.68. The van der Waals surface area contributed by atoms with Crippen molar-refractivity contribution < 1.29 is 9.90 Å². The zero-order valence-corrected chi connectivity index (χ0v) is 10.9. The van der Waals surface area contributed by atoms with Gasteiger partial charge in [0.1, 0.15) is 0 Å². The van der Waals surface area contributed by atoms with Crippen LogP contribution in [0.3, 0.4) is 0 Å². The van der Waals surface area contributed by atoms with Gasteiger partial charge in [-0.2, -0.15) is 0 Å². The minimum absolute atomic E-state index is 0.0596. The third-order valence-electron chi connectivity index (χ3n) is 2.67. The highest BCUT2D eigenvalue weighted by molar-refractivity contribution is 7.99. The summed E-state index contributed by atoms with van der Waals surface area (Å²) >= 11 is 1.51. The van der Waals surface area contributed by atoms with E-state index >= 15 is 0 Å². The summed E-state index contributed by atoms with van der Waals surface area (Å²) < 4.78 is 0. The van der Waals surface area contributed by atoms with Gasteiger partial charge in [0, 0.05) is 15.4 Å². The number of aryl methyl sites for hydroxylation is 1. The predicted octanol–water partition coefficient (Wildman–Crippen LogP) is 3.45. The first-order chi connectivity index (χ1) is 8.74. The molecule has 2 aromatic rings. The summed E-state index contributed by atoms with van der Waals surface area (Å²) in [6, 6.07) is 13.5. The highest BCUT2D eigenvalue weighted by Crippen LogP contribution is 2.33. The molecule has 0 spiro atoms. The Kier molecular flexibility index (Phi) is 4.18. The lowest BCUT2D eigenvalue weighted by molar-refractivity contribution is 0.112. The Hall–Kier alpha value is -1.58. The van der Waals surface area contributed by atoms with Crippen LogP contribution in [0.5, 0.6) is 0 Å². The molecule has 0 amide bonds. The maximum atomic E-state index is 11.0. The number of benzene rings is 2. The molecule has 1 N–H and O–H groups in total. The first-order valence-corrected chi connectivity index (χ1v) is 6.48. The molecule has 0 atom stereocenters. The molecule has 0 aliphatic heterocycles. The van der Waals surface area contributed by atoms with E-state index < -0.39 is 0 Å². The fraction of sp³-hybridized carbons (Fsp3) is 0.133. The van der Waals surface area contributed by atoms with Crippen LogP contribution in [0.15, 0.2) is 52.3 Å². The Bertz CT molecular complexity index is 547. The molecule has 2 nitrogen and oxygen atoms in total. The second-order valence-corrected chi connectivity index (χ2v) is 5.11. The molecule has 0 aliphatic rings. The van der Waals surface area contributed by atoms with Crippen molar-refractivity contribution >= 4 is 18.0 Å². The second kappa shape index (κ2) is 5.85. The topological polar surface area (TPSA) is 37.3 Å². The van der Waals surface area contributed by atoms with Crippen molar-refractivity contribution in [2.45, 2.75) is 23.3 Å². The molecule has 3 heteroatoms. The molecule has 2 rings (SSSR count). The molecule has 0 aliphatic carbocycles. The standard InChI is InChI=1S/C15H14O2S/c1-11-5-7-14(8-6-11)18-15-12(9-16)3-2-4-13(15)10-17/h2-9,17H,10H2,1H3. The van der Waals surface area contributed by atoms with Crippen LogP contribution in [0.4, 0.5) is 0 Å². The largest absolute Gasteiger partial charge is 0.392 e. The molecule has 0 bridgehead atoms. The van der Waals surface area contributed by atoms with Crippen LogP contribution in [0.2, 0.25) is 0 Å². The number of hydrogen-bond donors (Lipinski definition) is 1. The van der Waals surface area contributed by atoms with E-state index in [0.717, 1.165) is 21.6 Å². The molecule has 0 unspecified atom stereocenters. The summed E-state index contributed by atoms with van der Waals surface area (Å²) in [6.07, 6.45) is 0.829. The summed E-state index contributed by atoms with van der Waals surface area (Å²) in [7, 11) is 0. The quantitative estimate of drug-likeness (QED) is 0.853. The first kappa shape index (κ1) is 12.9. The van der Waals surface area contributed by atoms with Crippen LogP contribution in [-0.4, -0.2) is 11.4 Å². The van der Waals surface area contributed by atoms with E-state index in [-0.39, 0.29) is 6.61 Å². The van der Waals surface area contributed by atoms with Gasteiger partial charge in [-0.3, -0.25) is 4.79 Å². The van der Waals surface area contributed by atoms with Gasteiger partial charge in [-0.05, 0) is 24.6 Å². The van der Waals surface area contributed by atoms with E-state index in [9.17, 15) is 9.90 Å². The summed E-state index contributed by atoms with van der Waals surface area (Å²) in [5, 5.41) is 9.33. The van der Waals surface area contributed by atoms with E-state index in [1.165, 1.54) is 17.3 Å². The summed E-state index contributed by atoms with van der Waals surface area (Å²) in [5.41, 5.74) is 2.60. The van der Waals surface area contributed by atoms with Crippen LogP contribution < -0.4 is 0 Å².